The summed E-state index contributed by atoms with van der Waals surface area (Å²) in [7, 11) is 1.64. The Kier molecular flexibility index (Phi) is 4.18. The maximum atomic E-state index is 11.8. The lowest BCUT2D eigenvalue weighted by molar-refractivity contribution is 0.0945. The van der Waals surface area contributed by atoms with Crippen molar-refractivity contribution in [3.63, 3.8) is 0 Å². The van der Waals surface area contributed by atoms with Crippen molar-refractivity contribution in [3.05, 3.63) is 47.7 Å². The molecule has 1 heterocycles. The van der Waals surface area contributed by atoms with Crippen LogP contribution in [0.1, 0.15) is 28.9 Å². The van der Waals surface area contributed by atoms with Gasteiger partial charge in [-0.25, -0.2) is 0 Å². The van der Waals surface area contributed by atoms with Gasteiger partial charge in [-0.3, -0.25) is 4.79 Å². The summed E-state index contributed by atoms with van der Waals surface area (Å²) >= 11 is 0. The Bertz CT molecular complexity index is 653. The molecule has 0 bridgehead atoms. The van der Waals surface area contributed by atoms with E-state index in [2.05, 4.69) is 20.8 Å². The zero-order chi connectivity index (χ0) is 15.4. The molecule has 1 aromatic heterocycles. The average Bonchev–Trinajstić information content (AvgIpc) is 3.37. The fourth-order valence-electron chi connectivity index (χ4n) is 2.07. The Morgan fingerprint density at radius 1 is 1.23 bits per heavy atom. The minimum absolute atomic E-state index is 0.161. The van der Waals surface area contributed by atoms with Crippen LogP contribution in [0.5, 0.6) is 5.75 Å². The molecule has 0 spiro atoms. The number of anilines is 1. The first-order valence-electron chi connectivity index (χ1n) is 7.26. The Labute approximate surface area is 128 Å². The number of methoxy groups -OCH3 is 1. The van der Waals surface area contributed by atoms with Crippen molar-refractivity contribution >= 4 is 11.7 Å². The minimum atomic E-state index is -0.161. The first kappa shape index (κ1) is 14.3. The summed E-state index contributed by atoms with van der Waals surface area (Å²) in [6.07, 6.45) is 2.11. The van der Waals surface area contributed by atoms with Crippen molar-refractivity contribution in [2.24, 2.45) is 0 Å². The van der Waals surface area contributed by atoms with E-state index in [1.165, 1.54) is 0 Å². The molecule has 22 heavy (non-hydrogen) atoms. The van der Waals surface area contributed by atoms with Crippen LogP contribution in [0, 0.1) is 0 Å². The van der Waals surface area contributed by atoms with E-state index in [1.807, 2.05) is 24.3 Å². The lowest BCUT2D eigenvalue weighted by atomic mass is 10.2. The van der Waals surface area contributed by atoms with Gasteiger partial charge in [0.2, 0.25) is 0 Å². The van der Waals surface area contributed by atoms with Gasteiger partial charge in [0.1, 0.15) is 11.6 Å². The van der Waals surface area contributed by atoms with Gasteiger partial charge >= 0.3 is 0 Å². The standard InChI is InChI=1S/C16H18N4O2/c1-22-14-5-3-2-4-11(14)10-17-15-9-8-13(19-20-15)16(21)18-12-6-7-12/h2-5,8-9,12H,6-7,10H2,1H3,(H,17,20)(H,18,21). The number of carbonyl (C=O) groups excluding carboxylic acids is 1. The van der Waals surface area contributed by atoms with E-state index in [0.717, 1.165) is 24.2 Å². The summed E-state index contributed by atoms with van der Waals surface area (Å²) in [6, 6.07) is 11.5. The van der Waals surface area contributed by atoms with Gasteiger partial charge in [0.05, 0.1) is 7.11 Å². The molecule has 0 saturated heterocycles. The number of hydrogen-bond acceptors (Lipinski definition) is 5. The number of rotatable bonds is 6. The van der Waals surface area contributed by atoms with Crippen LogP contribution in [0.3, 0.4) is 0 Å². The molecule has 3 rings (SSSR count). The van der Waals surface area contributed by atoms with Crippen LogP contribution >= 0.6 is 0 Å². The Morgan fingerprint density at radius 2 is 2.05 bits per heavy atom. The molecule has 0 atom stereocenters. The number of para-hydroxylation sites is 1. The fraction of sp³-hybridized carbons (Fsp3) is 0.312. The zero-order valence-corrected chi connectivity index (χ0v) is 12.4. The molecule has 0 radical (unpaired) electrons. The van der Waals surface area contributed by atoms with Crippen LogP contribution in [-0.2, 0) is 6.54 Å². The molecule has 2 aromatic rings. The van der Waals surface area contributed by atoms with Crippen LogP contribution in [-0.4, -0.2) is 29.3 Å². The Morgan fingerprint density at radius 3 is 2.73 bits per heavy atom. The molecule has 0 unspecified atom stereocenters. The predicted molar refractivity (Wildman–Crippen MR) is 82.8 cm³/mol. The number of nitrogens with zero attached hydrogens (tertiary/aromatic N) is 2. The first-order valence-corrected chi connectivity index (χ1v) is 7.26. The first-order chi connectivity index (χ1) is 10.8. The molecular weight excluding hydrogens is 280 g/mol. The van der Waals surface area contributed by atoms with E-state index in [-0.39, 0.29) is 5.91 Å². The predicted octanol–water partition coefficient (Wildman–Crippen LogP) is 1.99. The number of nitrogens with one attached hydrogen (secondary N) is 2. The highest BCUT2D eigenvalue weighted by molar-refractivity contribution is 5.92. The summed E-state index contributed by atoms with van der Waals surface area (Å²) in [5, 5.41) is 14.0. The van der Waals surface area contributed by atoms with Gasteiger partial charge in [0.15, 0.2) is 5.69 Å². The van der Waals surface area contributed by atoms with Gasteiger partial charge in [-0.2, -0.15) is 0 Å². The van der Waals surface area contributed by atoms with Gasteiger partial charge in [-0.1, -0.05) is 18.2 Å². The molecular formula is C16H18N4O2. The highest BCUT2D eigenvalue weighted by atomic mass is 16.5. The molecule has 2 N–H and O–H groups in total. The molecule has 1 aromatic carbocycles. The van der Waals surface area contributed by atoms with Gasteiger partial charge in [-0.15, -0.1) is 10.2 Å². The van der Waals surface area contributed by atoms with Gasteiger partial charge < -0.3 is 15.4 Å². The molecule has 1 saturated carbocycles. The Hall–Kier alpha value is -2.63. The molecule has 1 fully saturated rings. The van der Waals surface area contributed by atoms with Gasteiger partial charge in [-0.05, 0) is 31.0 Å². The Balaban J connectivity index is 1.59. The maximum Gasteiger partial charge on any atom is 0.272 e. The molecule has 114 valence electrons. The van der Waals surface area contributed by atoms with Gasteiger partial charge in [0.25, 0.3) is 5.91 Å². The van der Waals surface area contributed by atoms with Crippen molar-refractivity contribution in [3.8, 4) is 5.75 Å². The van der Waals surface area contributed by atoms with Gasteiger partial charge in [0, 0.05) is 18.2 Å². The fourth-order valence-corrected chi connectivity index (χ4v) is 2.07. The summed E-state index contributed by atoms with van der Waals surface area (Å²) < 4.78 is 5.30. The topological polar surface area (TPSA) is 76.1 Å². The molecule has 1 aliphatic carbocycles. The number of aromatic nitrogens is 2. The summed E-state index contributed by atoms with van der Waals surface area (Å²) in [5.41, 5.74) is 1.37. The molecule has 6 heteroatoms. The maximum absolute atomic E-state index is 11.8. The van der Waals surface area contributed by atoms with E-state index < -0.39 is 0 Å². The summed E-state index contributed by atoms with van der Waals surface area (Å²) in [6.45, 7) is 0.576. The lowest BCUT2D eigenvalue weighted by Crippen LogP contribution is -2.26. The normalized spacial score (nSPS) is 13.5. The van der Waals surface area contributed by atoms with E-state index in [1.54, 1.807) is 19.2 Å². The van der Waals surface area contributed by atoms with Crippen LogP contribution in [0.15, 0.2) is 36.4 Å². The monoisotopic (exact) mass is 298 g/mol. The second kappa shape index (κ2) is 6.43. The van der Waals surface area contributed by atoms with Crippen molar-refractivity contribution in [1.82, 2.24) is 15.5 Å². The highest BCUT2D eigenvalue weighted by Crippen LogP contribution is 2.19. The number of hydrogen-bond donors (Lipinski definition) is 2. The zero-order valence-electron chi connectivity index (χ0n) is 12.4. The average molecular weight is 298 g/mol. The van der Waals surface area contributed by atoms with Crippen LogP contribution in [0.25, 0.3) is 0 Å². The number of ether oxygens (including phenoxy) is 1. The molecule has 0 aliphatic heterocycles. The largest absolute Gasteiger partial charge is 0.496 e. The highest BCUT2D eigenvalue weighted by Gasteiger charge is 2.24. The van der Waals surface area contributed by atoms with Crippen molar-refractivity contribution in [1.29, 1.82) is 0 Å². The third-order valence-corrected chi connectivity index (χ3v) is 3.46. The summed E-state index contributed by atoms with van der Waals surface area (Å²) in [5.74, 6) is 1.28. The molecule has 1 aliphatic rings. The molecule has 6 nitrogen and oxygen atoms in total. The number of amides is 1. The second-order valence-corrected chi connectivity index (χ2v) is 5.22. The molecule has 1 amide bonds. The van der Waals surface area contributed by atoms with E-state index in [0.29, 0.717) is 24.1 Å². The van der Waals surface area contributed by atoms with Crippen LogP contribution in [0.4, 0.5) is 5.82 Å². The third kappa shape index (κ3) is 3.52. The number of benzene rings is 1. The van der Waals surface area contributed by atoms with Crippen LogP contribution in [0.2, 0.25) is 0 Å². The van der Waals surface area contributed by atoms with Crippen molar-refractivity contribution in [2.75, 3.05) is 12.4 Å². The van der Waals surface area contributed by atoms with Crippen molar-refractivity contribution in [2.45, 2.75) is 25.4 Å². The van der Waals surface area contributed by atoms with Crippen LogP contribution < -0.4 is 15.4 Å². The lowest BCUT2D eigenvalue weighted by Gasteiger charge is -2.09. The quantitative estimate of drug-likeness (QED) is 0.853. The van der Waals surface area contributed by atoms with E-state index in [4.69, 9.17) is 4.74 Å². The second-order valence-electron chi connectivity index (χ2n) is 5.22. The minimum Gasteiger partial charge on any atom is -0.496 e. The summed E-state index contributed by atoms with van der Waals surface area (Å²) in [4.78, 5) is 11.8. The van der Waals surface area contributed by atoms with E-state index in [9.17, 15) is 4.79 Å². The van der Waals surface area contributed by atoms with E-state index >= 15 is 0 Å². The van der Waals surface area contributed by atoms with Crippen molar-refractivity contribution < 1.29 is 9.53 Å². The third-order valence-electron chi connectivity index (χ3n) is 3.46. The smallest absolute Gasteiger partial charge is 0.272 e. The number of carbonyl (C=O) groups is 1. The SMILES string of the molecule is COc1ccccc1CNc1ccc(C(=O)NC2CC2)nn1.